The lowest BCUT2D eigenvalue weighted by Gasteiger charge is -2.36. The quantitative estimate of drug-likeness (QED) is 0.662. The summed E-state index contributed by atoms with van der Waals surface area (Å²) in [5.41, 5.74) is 3.68. The van der Waals surface area contributed by atoms with Crippen molar-refractivity contribution in [1.82, 2.24) is 9.80 Å². The minimum Gasteiger partial charge on any atom is -0.493 e. The Kier molecular flexibility index (Phi) is 7.13. The molecule has 1 amide bonds. The van der Waals surface area contributed by atoms with Crippen molar-refractivity contribution in [2.24, 2.45) is 0 Å². The molecule has 0 aromatic heterocycles. The molecule has 2 aromatic rings. The third kappa shape index (κ3) is 5.21. The Morgan fingerprint density at radius 1 is 1.00 bits per heavy atom. The van der Waals surface area contributed by atoms with Gasteiger partial charge in [0.05, 0.1) is 20.8 Å². The Hall–Kier alpha value is -2.53. The van der Waals surface area contributed by atoms with Crippen LogP contribution in [0.2, 0.25) is 0 Å². The molecule has 5 nitrogen and oxygen atoms in total. The Morgan fingerprint density at radius 3 is 2.35 bits per heavy atom. The number of methoxy groups -OCH3 is 2. The van der Waals surface area contributed by atoms with Gasteiger partial charge in [-0.25, -0.2) is 0 Å². The Morgan fingerprint density at radius 2 is 1.68 bits per heavy atom. The van der Waals surface area contributed by atoms with E-state index in [-0.39, 0.29) is 5.91 Å². The second-order valence-electron chi connectivity index (χ2n) is 8.72. The molecule has 1 aliphatic heterocycles. The van der Waals surface area contributed by atoms with E-state index in [1.807, 2.05) is 17.0 Å². The van der Waals surface area contributed by atoms with E-state index < -0.39 is 0 Å². The second-order valence-corrected chi connectivity index (χ2v) is 8.72. The Balaban J connectivity index is 1.47. The van der Waals surface area contributed by atoms with Crippen molar-refractivity contribution in [2.75, 3.05) is 27.3 Å². The number of hydrogen-bond acceptors (Lipinski definition) is 4. The molecule has 0 saturated heterocycles. The molecule has 0 unspecified atom stereocenters. The number of carbonyl (C=O) groups excluding carboxylic acids is 1. The summed E-state index contributed by atoms with van der Waals surface area (Å²) in [5, 5.41) is 0. The normalized spacial score (nSPS) is 16.8. The van der Waals surface area contributed by atoms with Crippen LogP contribution in [0.15, 0.2) is 42.5 Å². The van der Waals surface area contributed by atoms with Gasteiger partial charge in [-0.05, 0) is 48.1 Å². The van der Waals surface area contributed by atoms with Gasteiger partial charge in [-0.2, -0.15) is 0 Å². The van der Waals surface area contributed by atoms with Crippen LogP contribution in [0.4, 0.5) is 0 Å². The predicted molar refractivity (Wildman–Crippen MR) is 122 cm³/mol. The Bertz CT molecular complexity index is 878. The van der Waals surface area contributed by atoms with Crippen LogP contribution in [0.1, 0.15) is 48.8 Å². The summed E-state index contributed by atoms with van der Waals surface area (Å²) in [4.78, 5) is 17.8. The summed E-state index contributed by atoms with van der Waals surface area (Å²) in [5.74, 6) is 1.71. The number of hydrogen-bond donors (Lipinski definition) is 0. The smallest absolute Gasteiger partial charge is 0.237 e. The molecule has 5 heteroatoms. The standard InChI is InChI=1S/C26H34N2O3/c1-30-24-15-21-13-14-27(18-22(21)16-25(24)31-2)26(29)19-28(23-11-7-4-8-12-23)17-20-9-5-3-6-10-20/h3,5-6,9-10,15-16,23H,4,7-8,11-14,17-19H2,1-2H3. The van der Waals surface area contributed by atoms with E-state index in [1.165, 1.54) is 43.2 Å². The molecular formula is C26H34N2O3. The van der Waals surface area contributed by atoms with Crippen LogP contribution >= 0.6 is 0 Å². The summed E-state index contributed by atoms with van der Waals surface area (Å²) in [6.07, 6.45) is 7.09. The molecular weight excluding hydrogens is 388 g/mol. The zero-order valence-corrected chi connectivity index (χ0v) is 18.8. The van der Waals surface area contributed by atoms with E-state index in [4.69, 9.17) is 9.47 Å². The molecule has 31 heavy (non-hydrogen) atoms. The topological polar surface area (TPSA) is 42.0 Å². The van der Waals surface area contributed by atoms with Crippen molar-refractivity contribution in [3.63, 3.8) is 0 Å². The van der Waals surface area contributed by atoms with Gasteiger partial charge < -0.3 is 14.4 Å². The van der Waals surface area contributed by atoms with Crippen LogP contribution in [0, 0.1) is 0 Å². The lowest BCUT2D eigenvalue weighted by molar-refractivity contribution is -0.134. The fourth-order valence-corrected chi connectivity index (χ4v) is 4.95. The summed E-state index contributed by atoms with van der Waals surface area (Å²) in [6.45, 7) is 2.72. The van der Waals surface area contributed by atoms with Crippen molar-refractivity contribution in [2.45, 2.75) is 57.7 Å². The first kappa shape index (κ1) is 21.7. The summed E-state index contributed by atoms with van der Waals surface area (Å²) in [6, 6.07) is 15.1. The van der Waals surface area contributed by atoms with Crippen molar-refractivity contribution < 1.29 is 14.3 Å². The molecule has 1 saturated carbocycles. The summed E-state index contributed by atoms with van der Waals surface area (Å²) in [7, 11) is 3.32. The predicted octanol–water partition coefficient (Wildman–Crippen LogP) is 4.42. The Labute approximate surface area is 185 Å². The minimum atomic E-state index is 0.224. The highest BCUT2D eigenvalue weighted by atomic mass is 16.5. The molecule has 0 bridgehead atoms. The van der Waals surface area contributed by atoms with Crippen LogP contribution in [-0.2, 0) is 24.3 Å². The summed E-state index contributed by atoms with van der Waals surface area (Å²) < 4.78 is 10.9. The molecule has 0 atom stereocenters. The molecule has 0 spiro atoms. The SMILES string of the molecule is COc1cc2c(cc1OC)CN(C(=O)CN(Cc1ccccc1)C1CCCCC1)CC2. The minimum absolute atomic E-state index is 0.224. The van der Waals surface area contributed by atoms with Gasteiger partial charge in [0.1, 0.15) is 0 Å². The van der Waals surface area contributed by atoms with E-state index in [0.717, 1.165) is 36.6 Å². The number of nitrogens with zero attached hydrogens (tertiary/aromatic N) is 2. The molecule has 166 valence electrons. The van der Waals surface area contributed by atoms with Gasteiger partial charge >= 0.3 is 0 Å². The number of rotatable bonds is 7. The van der Waals surface area contributed by atoms with E-state index in [1.54, 1.807) is 14.2 Å². The van der Waals surface area contributed by atoms with E-state index in [0.29, 0.717) is 19.1 Å². The maximum Gasteiger partial charge on any atom is 0.237 e. The second kappa shape index (κ2) is 10.2. The van der Waals surface area contributed by atoms with Crippen molar-refractivity contribution in [3.05, 3.63) is 59.2 Å². The van der Waals surface area contributed by atoms with Gasteiger partial charge in [-0.15, -0.1) is 0 Å². The fourth-order valence-electron chi connectivity index (χ4n) is 4.95. The molecule has 0 N–H and O–H groups in total. The maximum absolute atomic E-state index is 13.4. The highest BCUT2D eigenvalue weighted by Crippen LogP contribution is 2.33. The third-order valence-corrected chi connectivity index (χ3v) is 6.73. The molecule has 2 aliphatic rings. The number of amides is 1. The molecule has 0 radical (unpaired) electrons. The van der Waals surface area contributed by atoms with Crippen LogP contribution in [0.25, 0.3) is 0 Å². The first-order valence-corrected chi connectivity index (χ1v) is 11.5. The van der Waals surface area contributed by atoms with E-state index in [2.05, 4.69) is 35.2 Å². The first-order valence-electron chi connectivity index (χ1n) is 11.5. The average Bonchev–Trinajstić information content (AvgIpc) is 2.83. The lowest BCUT2D eigenvalue weighted by atomic mass is 9.93. The number of ether oxygens (including phenoxy) is 2. The third-order valence-electron chi connectivity index (χ3n) is 6.73. The van der Waals surface area contributed by atoms with Gasteiger partial charge in [0.25, 0.3) is 0 Å². The highest BCUT2D eigenvalue weighted by Gasteiger charge is 2.28. The average molecular weight is 423 g/mol. The van der Waals surface area contributed by atoms with Gasteiger partial charge in [0, 0.05) is 25.7 Å². The van der Waals surface area contributed by atoms with Crippen molar-refractivity contribution in [1.29, 1.82) is 0 Å². The largest absolute Gasteiger partial charge is 0.493 e. The molecule has 1 fully saturated rings. The number of carbonyl (C=O) groups is 1. The van der Waals surface area contributed by atoms with E-state index in [9.17, 15) is 4.79 Å². The highest BCUT2D eigenvalue weighted by molar-refractivity contribution is 5.78. The van der Waals surface area contributed by atoms with Crippen LogP contribution in [-0.4, -0.2) is 49.1 Å². The first-order chi connectivity index (χ1) is 15.2. The molecule has 1 heterocycles. The maximum atomic E-state index is 13.4. The lowest BCUT2D eigenvalue weighted by Crippen LogP contribution is -2.46. The van der Waals surface area contributed by atoms with Gasteiger partial charge in [0.15, 0.2) is 11.5 Å². The van der Waals surface area contributed by atoms with E-state index >= 15 is 0 Å². The summed E-state index contributed by atoms with van der Waals surface area (Å²) >= 11 is 0. The molecule has 2 aromatic carbocycles. The molecule has 4 rings (SSSR count). The van der Waals surface area contributed by atoms with Gasteiger partial charge in [0.2, 0.25) is 5.91 Å². The van der Waals surface area contributed by atoms with Crippen LogP contribution in [0.5, 0.6) is 11.5 Å². The van der Waals surface area contributed by atoms with Gasteiger partial charge in [-0.1, -0.05) is 49.6 Å². The number of benzene rings is 2. The van der Waals surface area contributed by atoms with Gasteiger partial charge in [-0.3, -0.25) is 9.69 Å². The zero-order chi connectivity index (χ0) is 21.6. The number of fused-ring (bicyclic) bond motifs is 1. The monoisotopic (exact) mass is 422 g/mol. The van der Waals surface area contributed by atoms with Crippen molar-refractivity contribution >= 4 is 5.91 Å². The van der Waals surface area contributed by atoms with Crippen molar-refractivity contribution in [3.8, 4) is 11.5 Å². The van der Waals surface area contributed by atoms with Crippen LogP contribution in [0.3, 0.4) is 0 Å². The van der Waals surface area contributed by atoms with Crippen LogP contribution < -0.4 is 9.47 Å². The molecule has 1 aliphatic carbocycles. The zero-order valence-electron chi connectivity index (χ0n) is 18.8. The fraction of sp³-hybridized carbons (Fsp3) is 0.500.